The lowest BCUT2D eigenvalue weighted by molar-refractivity contribution is 0.623. The Morgan fingerprint density at radius 2 is 2.19 bits per heavy atom. The van der Waals surface area contributed by atoms with Gasteiger partial charge in [0, 0.05) is 11.4 Å². The number of halogens is 1. The van der Waals surface area contributed by atoms with Crippen LogP contribution in [0.4, 0.5) is 4.39 Å². The molecule has 0 amide bonds. The van der Waals surface area contributed by atoms with E-state index in [1.54, 1.807) is 6.07 Å². The summed E-state index contributed by atoms with van der Waals surface area (Å²) in [6.45, 7) is 7.23. The van der Waals surface area contributed by atoms with Gasteiger partial charge in [0.25, 0.3) is 0 Å². The zero-order valence-corrected chi connectivity index (χ0v) is 13.2. The van der Waals surface area contributed by atoms with Gasteiger partial charge in [-0.05, 0) is 31.0 Å². The van der Waals surface area contributed by atoms with Gasteiger partial charge in [-0.15, -0.1) is 0 Å². The van der Waals surface area contributed by atoms with Gasteiger partial charge in [-0.3, -0.25) is 0 Å². The predicted molar refractivity (Wildman–Crippen MR) is 81.4 cm³/mol. The molecule has 2 rings (SSSR count). The Bertz CT molecular complexity index is 637. The molecular formula is C15H19FN4S. The summed E-state index contributed by atoms with van der Waals surface area (Å²) in [4.78, 5) is 5.47. The SMILES string of the molecule is CCn1c(CN=N)nc(C(C)C)c1Sc1cccc(F)c1. The lowest BCUT2D eigenvalue weighted by Gasteiger charge is -2.10. The van der Waals surface area contributed by atoms with Gasteiger partial charge in [-0.25, -0.2) is 14.9 Å². The van der Waals surface area contributed by atoms with E-state index < -0.39 is 0 Å². The summed E-state index contributed by atoms with van der Waals surface area (Å²) in [6, 6.07) is 6.56. The summed E-state index contributed by atoms with van der Waals surface area (Å²) in [7, 11) is 0. The number of benzene rings is 1. The van der Waals surface area contributed by atoms with Crippen LogP contribution in [0.15, 0.2) is 39.3 Å². The molecule has 0 bridgehead atoms. The van der Waals surface area contributed by atoms with E-state index in [0.717, 1.165) is 28.0 Å². The molecule has 2 aromatic rings. The predicted octanol–water partition coefficient (Wildman–Crippen LogP) is 4.85. The van der Waals surface area contributed by atoms with Gasteiger partial charge < -0.3 is 4.57 Å². The maximum absolute atomic E-state index is 13.4. The van der Waals surface area contributed by atoms with Crippen LogP contribution in [-0.2, 0) is 13.1 Å². The van der Waals surface area contributed by atoms with Crippen molar-refractivity contribution in [2.45, 2.75) is 49.7 Å². The summed E-state index contributed by atoms with van der Waals surface area (Å²) >= 11 is 1.51. The molecule has 0 unspecified atom stereocenters. The Morgan fingerprint density at radius 1 is 1.43 bits per heavy atom. The van der Waals surface area contributed by atoms with Crippen molar-refractivity contribution in [3.05, 3.63) is 41.6 Å². The van der Waals surface area contributed by atoms with Crippen molar-refractivity contribution in [3.63, 3.8) is 0 Å². The number of imidazole rings is 1. The number of rotatable bonds is 6. The molecule has 0 fully saturated rings. The fourth-order valence-corrected chi connectivity index (χ4v) is 3.42. The third-order valence-electron chi connectivity index (χ3n) is 3.12. The van der Waals surface area contributed by atoms with Crippen molar-refractivity contribution in [2.75, 3.05) is 0 Å². The van der Waals surface area contributed by atoms with E-state index in [9.17, 15) is 4.39 Å². The second kappa shape index (κ2) is 6.85. The highest BCUT2D eigenvalue weighted by atomic mass is 32.2. The first-order valence-corrected chi connectivity index (χ1v) is 7.74. The van der Waals surface area contributed by atoms with Crippen molar-refractivity contribution in [2.24, 2.45) is 5.11 Å². The highest BCUT2D eigenvalue weighted by Crippen LogP contribution is 2.35. The molecule has 112 valence electrons. The van der Waals surface area contributed by atoms with Crippen molar-refractivity contribution >= 4 is 11.8 Å². The van der Waals surface area contributed by atoms with E-state index in [-0.39, 0.29) is 18.3 Å². The molecule has 0 saturated heterocycles. The molecule has 4 nitrogen and oxygen atoms in total. The lowest BCUT2D eigenvalue weighted by atomic mass is 10.1. The first kappa shape index (κ1) is 15.7. The molecule has 0 aliphatic carbocycles. The van der Waals surface area contributed by atoms with E-state index in [1.807, 2.05) is 13.0 Å². The monoisotopic (exact) mass is 306 g/mol. The van der Waals surface area contributed by atoms with Crippen LogP contribution in [0.3, 0.4) is 0 Å². The average molecular weight is 306 g/mol. The molecule has 0 atom stereocenters. The quantitative estimate of drug-likeness (QED) is 0.776. The van der Waals surface area contributed by atoms with Gasteiger partial charge in [0.15, 0.2) is 0 Å². The van der Waals surface area contributed by atoms with Crippen molar-refractivity contribution in [1.29, 1.82) is 5.53 Å². The molecule has 0 saturated carbocycles. The Labute approximate surface area is 128 Å². The smallest absolute Gasteiger partial charge is 0.133 e. The molecule has 0 aliphatic heterocycles. The van der Waals surface area contributed by atoms with Gasteiger partial charge in [0.1, 0.15) is 23.2 Å². The normalized spacial score (nSPS) is 11.1. The molecular weight excluding hydrogens is 287 g/mol. The maximum atomic E-state index is 13.4. The highest BCUT2D eigenvalue weighted by Gasteiger charge is 2.19. The van der Waals surface area contributed by atoms with Gasteiger partial charge >= 0.3 is 0 Å². The van der Waals surface area contributed by atoms with E-state index in [4.69, 9.17) is 5.53 Å². The summed E-state index contributed by atoms with van der Waals surface area (Å²) in [5, 5.41) is 4.46. The van der Waals surface area contributed by atoms with Crippen LogP contribution in [0.25, 0.3) is 0 Å². The molecule has 0 spiro atoms. The van der Waals surface area contributed by atoms with Crippen LogP contribution >= 0.6 is 11.8 Å². The minimum atomic E-state index is -0.241. The van der Waals surface area contributed by atoms with E-state index in [0.29, 0.717) is 0 Å². The van der Waals surface area contributed by atoms with E-state index >= 15 is 0 Å². The fourth-order valence-electron chi connectivity index (χ4n) is 2.15. The van der Waals surface area contributed by atoms with Crippen molar-refractivity contribution in [1.82, 2.24) is 9.55 Å². The Hall–Kier alpha value is -1.69. The largest absolute Gasteiger partial charge is 0.321 e. The van der Waals surface area contributed by atoms with Crippen molar-refractivity contribution in [3.8, 4) is 0 Å². The second-order valence-electron chi connectivity index (χ2n) is 4.99. The van der Waals surface area contributed by atoms with Gasteiger partial charge in [0.2, 0.25) is 0 Å². The van der Waals surface area contributed by atoms with Gasteiger partial charge in [-0.1, -0.05) is 31.7 Å². The maximum Gasteiger partial charge on any atom is 0.133 e. The van der Waals surface area contributed by atoms with E-state index in [1.165, 1.54) is 23.9 Å². The van der Waals surface area contributed by atoms with Crippen LogP contribution in [0.5, 0.6) is 0 Å². The van der Waals surface area contributed by atoms with Gasteiger partial charge in [-0.2, -0.15) is 5.11 Å². The molecule has 0 radical (unpaired) electrons. The summed E-state index contributed by atoms with van der Waals surface area (Å²) in [6.07, 6.45) is 0. The fraction of sp³-hybridized carbons (Fsp3) is 0.400. The number of nitrogens with zero attached hydrogens (tertiary/aromatic N) is 3. The molecule has 1 heterocycles. The number of hydrogen-bond acceptors (Lipinski definition) is 4. The Kier molecular flexibility index (Phi) is 5.12. The summed E-state index contributed by atoms with van der Waals surface area (Å²) in [5.74, 6) is 0.809. The summed E-state index contributed by atoms with van der Waals surface area (Å²) in [5.41, 5.74) is 8.04. The molecule has 0 aliphatic rings. The minimum Gasteiger partial charge on any atom is -0.321 e. The molecule has 1 aromatic heterocycles. The first-order chi connectivity index (χ1) is 10.1. The van der Waals surface area contributed by atoms with Crippen LogP contribution in [0.2, 0.25) is 0 Å². The topological polar surface area (TPSA) is 54.0 Å². The average Bonchev–Trinajstić information content (AvgIpc) is 2.77. The lowest BCUT2D eigenvalue weighted by Crippen LogP contribution is -2.02. The molecule has 1 N–H and O–H groups in total. The third-order valence-corrected chi connectivity index (χ3v) is 4.23. The van der Waals surface area contributed by atoms with E-state index in [2.05, 4.69) is 28.5 Å². The zero-order chi connectivity index (χ0) is 15.4. The van der Waals surface area contributed by atoms with Gasteiger partial charge in [0.05, 0.1) is 5.69 Å². The van der Waals surface area contributed by atoms with Crippen LogP contribution in [-0.4, -0.2) is 9.55 Å². The molecule has 21 heavy (non-hydrogen) atoms. The Balaban J connectivity index is 2.46. The minimum absolute atomic E-state index is 0.241. The van der Waals surface area contributed by atoms with Crippen molar-refractivity contribution < 1.29 is 4.39 Å². The summed E-state index contributed by atoms with van der Waals surface area (Å²) < 4.78 is 15.4. The van der Waals surface area contributed by atoms with Crippen LogP contribution in [0.1, 0.15) is 38.2 Å². The molecule has 6 heteroatoms. The second-order valence-corrected chi connectivity index (χ2v) is 6.06. The highest BCUT2D eigenvalue weighted by molar-refractivity contribution is 7.99. The zero-order valence-electron chi connectivity index (χ0n) is 12.4. The third kappa shape index (κ3) is 3.50. The first-order valence-electron chi connectivity index (χ1n) is 6.92. The number of nitrogens with one attached hydrogen (secondary N) is 1. The van der Waals surface area contributed by atoms with Crippen LogP contribution in [0, 0.1) is 11.3 Å². The standard InChI is InChI=1S/C15H19FN4S/c1-4-20-13(9-18-17)19-14(10(2)3)15(20)21-12-7-5-6-11(16)8-12/h5-8,10,17H,4,9H2,1-3H3. The number of aromatic nitrogens is 2. The van der Waals surface area contributed by atoms with Crippen LogP contribution < -0.4 is 0 Å². The number of hydrogen-bond donors (Lipinski definition) is 1. The molecule has 1 aromatic carbocycles. The Morgan fingerprint density at radius 3 is 2.76 bits per heavy atom.